The molecule has 0 saturated carbocycles. The van der Waals surface area contributed by atoms with Crippen molar-refractivity contribution in [2.75, 3.05) is 0 Å². The highest BCUT2D eigenvalue weighted by atomic mass is 16.5. The number of aromatic nitrogens is 1. The van der Waals surface area contributed by atoms with Crippen molar-refractivity contribution < 1.29 is 4.74 Å². The first kappa shape index (κ1) is 9.97. The van der Waals surface area contributed by atoms with Crippen molar-refractivity contribution in [2.24, 2.45) is 0 Å². The van der Waals surface area contributed by atoms with Gasteiger partial charge in [-0.15, -0.1) is 0 Å². The third-order valence-electron chi connectivity index (χ3n) is 2.34. The van der Waals surface area contributed by atoms with Crippen LogP contribution in [0.5, 0.6) is 5.75 Å². The lowest BCUT2D eigenvalue weighted by Crippen LogP contribution is -1.95. The Morgan fingerprint density at radius 2 is 2.20 bits per heavy atom. The molecule has 0 atom stereocenters. The van der Waals surface area contributed by atoms with Gasteiger partial charge in [-0.3, -0.25) is 4.98 Å². The Labute approximate surface area is 90.3 Å². The van der Waals surface area contributed by atoms with E-state index in [2.05, 4.69) is 24.9 Å². The Bertz CT molecular complexity index is 388. The van der Waals surface area contributed by atoms with Gasteiger partial charge in [0.1, 0.15) is 11.5 Å². The predicted octanol–water partition coefficient (Wildman–Crippen LogP) is 3.43. The molecule has 1 aliphatic rings. The molecule has 0 bridgehead atoms. The van der Waals surface area contributed by atoms with Crippen LogP contribution in [0.4, 0.5) is 0 Å². The minimum absolute atomic E-state index is 0.464. The molecule has 0 spiro atoms. The fourth-order valence-electron chi connectivity index (χ4n) is 1.45. The largest absolute Gasteiger partial charge is 0.460 e. The van der Waals surface area contributed by atoms with Gasteiger partial charge in [-0.1, -0.05) is 26.0 Å². The van der Waals surface area contributed by atoms with Gasteiger partial charge in [0.25, 0.3) is 0 Å². The first-order valence-electron chi connectivity index (χ1n) is 5.25. The zero-order chi connectivity index (χ0) is 10.7. The van der Waals surface area contributed by atoms with Crippen molar-refractivity contribution in [3.63, 3.8) is 0 Å². The van der Waals surface area contributed by atoms with Crippen LogP contribution in [0.1, 0.15) is 31.9 Å². The van der Waals surface area contributed by atoms with Crippen LogP contribution in [0, 0.1) is 0 Å². The van der Waals surface area contributed by atoms with Crippen molar-refractivity contribution in [2.45, 2.75) is 26.2 Å². The molecule has 1 aromatic rings. The number of pyridine rings is 1. The number of hydrogen-bond donors (Lipinski definition) is 0. The third-order valence-corrected chi connectivity index (χ3v) is 2.34. The van der Waals surface area contributed by atoms with Gasteiger partial charge in [-0.05, 0) is 24.1 Å². The number of rotatable bonds is 3. The topological polar surface area (TPSA) is 22.1 Å². The lowest BCUT2D eigenvalue weighted by molar-refractivity contribution is 0.416. The average Bonchev–Trinajstić information content (AvgIpc) is 2.71. The summed E-state index contributed by atoms with van der Waals surface area (Å²) < 4.78 is 5.65. The van der Waals surface area contributed by atoms with Gasteiger partial charge in [0.05, 0.1) is 6.20 Å². The number of allylic oxidation sites excluding steroid dienone is 3. The molecule has 15 heavy (non-hydrogen) atoms. The summed E-state index contributed by atoms with van der Waals surface area (Å²) in [4.78, 5) is 4.35. The van der Waals surface area contributed by atoms with Crippen LogP contribution in [0.2, 0.25) is 0 Å². The van der Waals surface area contributed by atoms with E-state index in [9.17, 15) is 0 Å². The molecule has 78 valence electrons. The van der Waals surface area contributed by atoms with Crippen molar-refractivity contribution >= 4 is 0 Å². The molecule has 1 heterocycles. The van der Waals surface area contributed by atoms with E-state index in [0.29, 0.717) is 5.92 Å². The van der Waals surface area contributed by atoms with Gasteiger partial charge in [-0.25, -0.2) is 0 Å². The van der Waals surface area contributed by atoms with Crippen LogP contribution in [0.25, 0.3) is 0 Å². The average molecular weight is 201 g/mol. The summed E-state index contributed by atoms with van der Waals surface area (Å²) in [5.41, 5.74) is 1.10. The normalized spacial score (nSPS) is 14.5. The van der Waals surface area contributed by atoms with Crippen molar-refractivity contribution in [3.8, 4) is 5.75 Å². The highest BCUT2D eigenvalue weighted by molar-refractivity contribution is 5.27. The van der Waals surface area contributed by atoms with E-state index in [1.54, 1.807) is 6.20 Å². The molecule has 1 aliphatic carbocycles. The van der Waals surface area contributed by atoms with Crippen LogP contribution in [-0.2, 0) is 0 Å². The molecule has 0 saturated heterocycles. The second kappa shape index (κ2) is 4.30. The number of nitrogens with zero attached hydrogens (tertiary/aromatic N) is 1. The van der Waals surface area contributed by atoms with Gasteiger partial charge in [0.2, 0.25) is 0 Å². The summed E-state index contributed by atoms with van der Waals surface area (Å²) in [6.45, 7) is 4.26. The maximum Gasteiger partial charge on any atom is 0.145 e. The Hall–Kier alpha value is -1.57. The molecule has 2 rings (SSSR count). The van der Waals surface area contributed by atoms with Crippen LogP contribution in [-0.4, -0.2) is 4.98 Å². The summed E-state index contributed by atoms with van der Waals surface area (Å²) in [5, 5.41) is 0. The van der Waals surface area contributed by atoms with Gasteiger partial charge >= 0.3 is 0 Å². The van der Waals surface area contributed by atoms with Crippen molar-refractivity contribution in [1.29, 1.82) is 0 Å². The molecule has 1 aromatic heterocycles. The SMILES string of the molecule is CC(C)c1ccc(OC2=CC=CC2)cn1. The van der Waals surface area contributed by atoms with Crippen LogP contribution in [0.3, 0.4) is 0 Å². The zero-order valence-electron chi connectivity index (χ0n) is 9.10. The molecule has 0 radical (unpaired) electrons. The Morgan fingerprint density at radius 1 is 1.33 bits per heavy atom. The Kier molecular flexibility index (Phi) is 2.86. The van der Waals surface area contributed by atoms with Gasteiger partial charge < -0.3 is 4.74 Å². The van der Waals surface area contributed by atoms with E-state index in [0.717, 1.165) is 23.6 Å². The third kappa shape index (κ3) is 2.46. The smallest absolute Gasteiger partial charge is 0.145 e. The lowest BCUT2D eigenvalue weighted by atomic mass is 10.1. The monoisotopic (exact) mass is 201 g/mol. The fraction of sp³-hybridized carbons (Fsp3) is 0.308. The molecule has 0 unspecified atom stereocenters. The number of hydrogen-bond acceptors (Lipinski definition) is 2. The predicted molar refractivity (Wildman–Crippen MR) is 60.8 cm³/mol. The summed E-state index contributed by atoms with van der Waals surface area (Å²) in [6.07, 6.45) is 8.73. The van der Waals surface area contributed by atoms with E-state index in [-0.39, 0.29) is 0 Å². The summed E-state index contributed by atoms with van der Waals surface area (Å²) >= 11 is 0. The van der Waals surface area contributed by atoms with E-state index < -0.39 is 0 Å². The molecule has 2 nitrogen and oxygen atoms in total. The molecule has 0 amide bonds. The fourth-order valence-corrected chi connectivity index (χ4v) is 1.45. The molecule has 0 aliphatic heterocycles. The standard InChI is InChI=1S/C13H15NO/c1-10(2)13-8-7-12(9-14-13)15-11-5-3-4-6-11/h3-5,7-10H,6H2,1-2H3. The second-order valence-electron chi connectivity index (χ2n) is 3.94. The quantitative estimate of drug-likeness (QED) is 0.747. The number of ether oxygens (including phenoxy) is 1. The summed E-state index contributed by atoms with van der Waals surface area (Å²) in [7, 11) is 0. The van der Waals surface area contributed by atoms with E-state index >= 15 is 0 Å². The van der Waals surface area contributed by atoms with Gasteiger partial charge in [-0.2, -0.15) is 0 Å². The summed E-state index contributed by atoms with van der Waals surface area (Å²) in [5.74, 6) is 2.26. The Balaban J connectivity index is 2.04. The van der Waals surface area contributed by atoms with E-state index in [1.807, 2.05) is 24.3 Å². The van der Waals surface area contributed by atoms with Gasteiger partial charge in [0.15, 0.2) is 0 Å². The minimum Gasteiger partial charge on any atom is -0.460 e. The second-order valence-corrected chi connectivity index (χ2v) is 3.94. The highest BCUT2D eigenvalue weighted by Crippen LogP contribution is 2.20. The molecule has 0 N–H and O–H groups in total. The maximum absolute atomic E-state index is 5.65. The Morgan fingerprint density at radius 3 is 2.73 bits per heavy atom. The zero-order valence-corrected chi connectivity index (χ0v) is 9.10. The molecule has 2 heteroatoms. The highest BCUT2D eigenvalue weighted by Gasteiger charge is 2.04. The molecular weight excluding hydrogens is 186 g/mol. The summed E-state index contributed by atoms with van der Waals surface area (Å²) in [6, 6.07) is 3.99. The maximum atomic E-state index is 5.65. The first-order chi connectivity index (χ1) is 7.25. The van der Waals surface area contributed by atoms with Gasteiger partial charge in [0, 0.05) is 12.1 Å². The van der Waals surface area contributed by atoms with Crippen molar-refractivity contribution in [1.82, 2.24) is 4.98 Å². The first-order valence-corrected chi connectivity index (χ1v) is 5.25. The van der Waals surface area contributed by atoms with E-state index in [4.69, 9.17) is 4.74 Å². The molecule has 0 fully saturated rings. The molecular formula is C13H15NO. The lowest BCUT2D eigenvalue weighted by Gasteiger charge is -2.08. The van der Waals surface area contributed by atoms with Crippen LogP contribution in [0.15, 0.2) is 42.3 Å². The minimum atomic E-state index is 0.464. The van der Waals surface area contributed by atoms with Crippen LogP contribution < -0.4 is 4.74 Å². The van der Waals surface area contributed by atoms with Crippen molar-refractivity contribution in [3.05, 3.63) is 48.0 Å². The van der Waals surface area contributed by atoms with Crippen LogP contribution >= 0.6 is 0 Å². The van der Waals surface area contributed by atoms with E-state index in [1.165, 1.54) is 0 Å². The molecule has 0 aromatic carbocycles.